The molecule has 0 saturated heterocycles. The summed E-state index contributed by atoms with van der Waals surface area (Å²) in [6.07, 6.45) is 4.03. The van der Waals surface area contributed by atoms with Crippen molar-refractivity contribution >= 4 is 5.97 Å². The summed E-state index contributed by atoms with van der Waals surface area (Å²) in [5, 5.41) is 8.52. The van der Waals surface area contributed by atoms with Gasteiger partial charge in [-0.1, -0.05) is 20.3 Å². The second-order valence-corrected chi connectivity index (χ2v) is 4.32. The third-order valence-electron chi connectivity index (χ3n) is 2.62. The number of hydrogen-bond donors (Lipinski definition) is 1. The highest BCUT2D eigenvalue weighted by atomic mass is 16.4. The predicted molar refractivity (Wildman–Crippen MR) is 47.9 cm³/mol. The van der Waals surface area contributed by atoms with Gasteiger partial charge in [0.25, 0.3) is 0 Å². The van der Waals surface area contributed by atoms with E-state index >= 15 is 0 Å². The molecule has 2 nitrogen and oxygen atoms in total. The van der Waals surface area contributed by atoms with E-state index in [1.54, 1.807) is 0 Å². The molecule has 0 spiro atoms. The van der Waals surface area contributed by atoms with Gasteiger partial charge in [0.05, 0.1) is 0 Å². The third kappa shape index (κ3) is 3.24. The molecule has 70 valence electrons. The maximum Gasteiger partial charge on any atom is 0.303 e. The van der Waals surface area contributed by atoms with Crippen LogP contribution in [0.2, 0.25) is 0 Å². The van der Waals surface area contributed by atoms with Gasteiger partial charge < -0.3 is 5.11 Å². The van der Waals surface area contributed by atoms with E-state index in [1.165, 1.54) is 12.8 Å². The van der Waals surface area contributed by atoms with E-state index in [2.05, 4.69) is 13.8 Å². The fourth-order valence-corrected chi connectivity index (χ4v) is 1.69. The molecular formula is C10H18O2. The highest BCUT2D eigenvalue weighted by molar-refractivity contribution is 5.67. The minimum absolute atomic E-state index is 0.392. The Morgan fingerprint density at radius 1 is 1.50 bits per heavy atom. The number of carbonyl (C=O) groups is 1. The van der Waals surface area contributed by atoms with Crippen LogP contribution < -0.4 is 0 Å². The van der Waals surface area contributed by atoms with Crippen molar-refractivity contribution < 1.29 is 9.90 Å². The molecule has 2 unspecified atom stereocenters. The van der Waals surface area contributed by atoms with Crippen molar-refractivity contribution in [3.8, 4) is 0 Å². The van der Waals surface area contributed by atoms with Crippen LogP contribution >= 0.6 is 0 Å². The molecule has 1 saturated carbocycles. The van der Waals surface area contributed by atoms with Crippen molar-refractivity contribution in [3.05, 3.63) is 0 Å². The van der Waals surface area contributed by atoms with Crippen molar-refractivity contribution in [2.75, 3.05) is 0 Å². The van der Waals surface area contributed by atoms with Crippen LogP contribution in [0.25, 0.3) is 0 Å². The molecule has 1 aliphatic rings. The molecule has 0 heterocycles. The Morgan fingerprint density at radius 2 is 2.17 bits per heavy atom. The van der Waals surface area contributed by atoms with Gasteiger partial charge in [-0.25, -0.2) is 0 Å². The highest BCUT2D eigenvalue weighted by Gasteiger charge is 2.37. The molecule has 0 aromatic carbocycles. The van der Waals surface area contributed by atoms with Gasteiger partial charge in [-0.05, 0) is 30.6 Å². The molecule has 0 amide bonds. The molecule has 12 heavy (non-hydrogen) atoms. The number of carboxylic acids is 1. The Kier molecular flexibility index (Phi) is 3.12. The number of aliphatic carboxylic acids is 1. The second kappa shape index (κ2) is 3.92. The standard InChI is InChI=1S/C10H18O2/c1-7(2)3-4-8-5-9(8)6-10(11)12/h7-9H,3-6H2,1-2H3,(H,11,12). The van der Waals surface area contributed by atoms with Gasteiger partial charge in [0.15, 0.2) is 0 Å². The Labute approximate surface area is 74.0 Å². The molecule has 1 rings (SSSR count). The van der Waals surface area contributed by atoms with Crippen molar-refractivity contribution in [1.82, 2.24) is 0 Å². The molecule has 1 fully saturated rings. The Morgan fingerprint density at radius 3 is 2.67 bits per heavy atom. The first-order valence-electron chi connectivity index (χ1n) is 4.81. The second-order valence-electron chi connectivity index (χ2n) is 4.32. The monoisotopic (exact) mass is 170 g/mol. The minimum Gasteiger partial charge on any atom is -0.481 e. The third-order valence-corrected chi connectivity index (χ3v) is 2.62. The zero-order valence-corrected chi connectivity index (χ0v) is 7.92. The summed E-state index contributed by atoms with van der Waals surface area (Å²) in [6.45, 7) is 4.43. The van der Waals surface area contributed by atoms with Crippen molar-refractivity contribution in [2.45, 2.75) is 39.5 Å². The molecule has 0 aromatic heterocycles. The zero-order chi connectivity index (χ0) is 9.14. The van der Waals surface area contributed by atoms with Crippen LogP contribution in [-0.4, -0.2) is 11.1 Å². The van der Waals surface area contributed by atoms with Gasteiger partial charge in [-0.3, -0.25) is 4.79 Å². The van der Waals surface area contributed by atoms with Gasteiger partial charge in [0, 0.05) is 6.42 Å². The smallest absolute Gasteiger partial charge is 0.303 e. The van der Waals surface area contributed by atoms with Gasteiger partial charge in [0.2, 0.25) is 0 Å². The molecule has 0 aromatic rings. The normalized spacial score (nSPS) is 27.6. The Hall–Kier alpha value is -0.530. The highest BCUT2D eigenvalue weighted by Crippen LogP contribution is 2.44. The molecule has 0 radical (unpaired) electrons. The summed E-state index contributed by atoms with van der Waals surface area (Å²) in [4.78, 5) is 10.3. The lowest BCUT2D eigenvalue weighted by atomic mass is 10.0. The molecule has 1 N–H and O–H groups in total. The lowest BCUT2D eigenvalue weighted by Gasteiger charge is -2.02. The van der Waals surface area contributed by atoms with Crippen LogP contribution in [0.5, 0.6) is 0 Å². The minimum atomic E-state index is -0.632. The quantitative estimate of drug-likeness (QED) is 0.688. The first-order valence-corrected chi connectivity index (χ1v) is 4.81. The molecule has 0 bridgehead atoms. The molecule has 2 heteroatoms. The fourth-order valence-electron chi connectivity index (χ4n) is 1.69. The van der Waals surface area contributed by atoms with Crippen LogP contribution in [0.3, 0.4) is 0 Å². The van der Waals surface area contributed by atoms with Crippen LogP contribution in [0, 0.1) is 17.8 Å². The summed E-state index contributed by atoms with van der Waals surface area (Å²) in [5.74, 6) is 1.35. The maximum atomic E-state index is 10.3. The first-order chi connectivity index (χ1) is 5.59. The van der Waals surface area contributed by atoms with Gasteiger partial charge in [-0.15, -0.1) is 0 Å². The fraction of sp³-hybridized carbons (Fsp3) is 0.900. The SMILES string of the molecule is CC(C)CCC1CC1CC(=O)O. The van der Waals surface area contributed by atoms with Gasteiger partial charge in [0.1, 0.15) is 0 Å². The summed E-state index contributed by atoms with van der Waals surface area (Å²) in [6, 6.07) is 0. The van der Waals surface area contributed by atoms with Crippen LogP contribution in [-0.2, 0) is 4.79 Å². The van der Waals surface area contributed by atoms with E-state index in [0.29, 0.717) is 12.3 Å². The number of rotatable bonds is 5. The van der Waals surface area contributed by atoms with E-state index in [0.717, 1.165) is 18.3 Å². The zero-order valence-electron chi connectivity index (χ0n) is 7.92. The van der Waals surface area contributed by atoms with E-state index in [4.69, 9.17) is 5.11 Å². The van der Waals surface area contributed by atoms with Crippen molar-refractivity contribution in [3.63, 3.8) is 0 Å². The van der Waals surface area contributed by atoms with Crippen molar-refractivity contribution in [2.24, 2.45) is 17.8 Å². The first kappa shape index (κ1) is 9.56. The summed E-state index contributed by atoms with van der Waals surface area (Å²) >= 11 is 0. The maximum absolute atomic E-state index is 10.3. The van der Waals surface area contributed by atoms with Crippen molar-refractivity contribution in [1.29, 1.82) is 0 Å². The Bertz CT molecular complexity index is 163. The van der Waals surface area contributed by atoms with E-state index in [-0.39, 0.29) is 0 Å². The van der Waals surface area contributed by atoms with Crippen LogP contribution in [0.15, 0.2) is 0 Å². The summed E-state index contributed by atoms with van der Waals surface area (Å²) in [5.41, 5.74) is 0. The van der Waals surface area contributed by atoms with Crippen LogP contribution in [0.4, 0.5) is 0 Å². The average Bonchev–Trinajstić information content (AvgIpc) is 2.62. The summed E-state index contributed by atoms with van der Waals surface area (Å²) < 4.78 is 0. The van der Waals surface area contributed by atoms with E-state index < -0.39 is 5.97 Å². The molecule has 2 atom stereocenters. The lowest BCUT2D eigenvalue weighted by molar-refractivity contribution is -0.137. The van der Waals surface area contributed by atoms with E-state index in [1.807, 2.05) is 0 Å². The molecular weight excluding hydrogens is 152 g/mol. The lowest BCUT2D eigenvalue weighted by Crippen LogP contribution is -1.97. The summed E-state index contributed by atoms with van der Waals surface area (Å²) in [7, 11) is 0. The van der Waals surface area contributed by atoms with Gasteiger partial charge >= 0.3 is 5.97 Å². The largest absolute Gasteiger partial charge is 0.481 e. The van der Waals surface area contributed by atoms with Gasteiger partial charge in [-0.2, -0.15) is 0 Å². The number of hydrogen-bond acceptors (Lipinski definition) is 1. The molecule has 0 aliphatic heterocycles. The number of carboxylic acid groups (broad SMARTS) is 1. The predicted octanol–water partition coefficient (Wildman–Crippen LogP) is 2.53. The van der Waals surface area contributed by atoms with E-state index in [9.17, 15) is 4.79 Å². The van der Waals surface area contributed by atoms with Crippen LogP contribution in [0.1, 0.15) is 39.5 Å². The Balaban J connectivity index is 2.04. The average molecular weight is 170 g/mol. The molecule has 1 aliphatic carbocycles. The topological polar surface area (TPSA) is 37.3 Å².